The van der Waals surface area contributed by atoms with Crippen LogP contribution in [0.4, 0.5) is 11.4 Å². The molecule has 5 nitrogen and oxygen atoms in total. The van der Waals surface area contributed by atoms with Crippen LogP contribution in [0, 0.1) is 6.92 Å². The molecule has 0 aromatic heterocycles. The first kappa shape index (κ1) is 20.5. The molecule has 0 aliphatic heterocycles. The first-order valence-electron chi connectivity index (χ1n) is 9.48. The highest BCUT2D eigenvalue weighted by atomic mass is 16.5. The molecule has 0 saturated carbocycles. The summed E-state index contributed by atoms with van der Waals surface area (Å²) in [5, 5.41) is 5.74. The van der Waals surface area contributed by atoms with Crippen molar-refractivity contribution in [3.8, 4) is 5.75 Å². The number of carbonyl (C=O) groups is 2. The Morgan fingerprint density at radius 1 is 1.00 bits per heavy atom. The third-order valence-corrected chi connectivity index (χ3v) is 4.23. The average molecular weight is 368 g/mol. The molecule has 0 saturated heterocycles. The van der Waals surface area contributed by atoms with E-state index in [1.165, 1.54) is 0 Å². The molecule has 0 fully saturated rings. The molecular weight excluding hydrogens is 340 g/mol. The monoisotopic (exact) mass is 368 g/mol. The molecular formula is C22H28N2O3. The van der Waals surface area contributed by atoms with E-state index in [0.717, 1.165) is 24.8 Å². The van der Waals surface area contributed by atoms with Gasteiger partial charge < -0.3 is 15.4 Å². The Labute approximate surface area is 161 Å². The smallest absolute Gasteiger partial charge is 0.259 e. The summed E-state index contributed by atoms with van der Waals surface area (Å²) >= 11 is 0. The molecule has 0 bridgehead atoms. The Morgan fingerprint density at radius 2 is 1.78 bits per heavy atom. The van der Waals surface area contributed by atoms with Gasteiger partial charge in [0.25, 0.3) is 5.91 Å². The molecule has 0 unspecified atom stereocenters. The van der Waals surface area contributed by atoms with Gasteiger partial charge in [0.1, 0.15) is 5.75 Å². The Morgan fingerprint density at radius 3 is 2.52 bits per heavy atom. The van der Waals surface area contributed by atoms with Crippen LogP contribution in [0.5, 0.6) is 5.75 Å². The Balaban J connectivity index is 2.11. The van der Waals surface area contributed by atoms with Crippen molar-refractivity contribution >= 4 is 23.2 Å². The SMILES string of the molecule is CCCCCOc1ccccc1C(=O)Nc1ccc(C)c(NC(=O)CC)c1. The summed E-state index contributed by atoms with van der Waals surface area (Å²) in [5.41, 5.74) is 2.75. The number of hydrogen-bond acceptors (Lipinski definition) is 3. The second kappa shape index (κ2) is 10.4. The van der Waals surface area contributed by atoms with Gasteiger partial charge in [-0.2, -0.15) is 0 Å². The number of nitrogens with one attached hydrogen (secondary N) is 2. The predicted molar refractivity (Wildman–Crippen MR) is 110 cm³/mol. The van der Waals surface area contributed by atoms with E-state index in [2.05, 4.69) is 17.6 Å². The summed E-state index contributed by atoms with van der Waals surface area (Å²) in [6, 6.07) is 12.7. The zero-order chi connectivity index (χ0) is 19.6. The quantitative estimate of drug-likeness (QED) is 0.600. The lowest BCUT2D eigenvalue weighted by atomic mass is 10.1. The van der Waals surface area contributed by atoms with Crippen LogP contribution in [-0.2, 0) is 4.79 Å². The summed E-state index contributed by atoms with van der Waals surface area (Å²) in [5.74, 6) is 0.280. The first-order chi connectivity index (χ1) is 13.0. The summed E-state index contributed by atoms with van der Waals surface area (Å²) in [7, 11) is 0. The molecule has 0 aliphatic rings. The minimum absolute atomic E-state index is 0.0626. The van der Waals surface area contributed by atoms with Gasteiger partial charge in [-0.25, -0.2) is 0 Å². The summed E-state index contributed by atoms with van der Waals surface area (Å²) in [4.78, 5) is 24.4. The van der Waals surface area contributed by atoms with E-state index in [-0.39, 0.29) is 11.8 Å². The van der Waals surface area contributed by atoms with Crippen molar-refractivity contribution in [1.82, 2.24) is 0 Å². The van der Waals surface area contributed by atoms with Crippen LogP contribution >= 0.6 is 0 Å². The van der Waals surface area contributed by atoms with E-state index in [9.17, 15) is 9.59 Å². The lowest BCUT2D eigenvalue weighted by Gasteiger charge is -2.13. The topological polar surface area (TPSA) is 67.4 Å². The van der Waals surface area contributed by atoms with Crippen LogP contribution in [0.2, 0.25) is 0 Å². The second-order valence-corrected chi connectivity index (χ2v) is 6.44. The average Bonchev–Trinajstić information content (AvgIpc) is 2.68. The molecule has 5 heteroatoms. The number of amides is 2. The number of para-hydroxylation sites is 1. The third kappa shape index (κ3) is 6.13. The number of unbranched alkanes of at least 4 members (excludes halogenated alkanes) is 2. The number of hydrogen-bond donors (Lipinski definition) is 2. The summed E-state index contributed by atoms with van der Waals surface area (Å²) in [6.07, 6.45) is 3.59. The van der Waals surface area contributed by atoms with Gasteiger partial charge in [0.05, 0.1) is 12.2 Å². The molecule has 0 heterocycles. The van der Waals surface area contributed by atoms with Crippen molar-refractivity contribution in [2.75, 3.05) is 17.2 Å². The molecule has 27 heavy (non-hydrogen) atoms. The largest absolute Gasteiger partial charge is 0.493 e. The predicted octanol–water partition coefficient (Wildman–Crippen LogP) is 5.16. The zero-order valence-electron chi connectivity index (χ0n) is 16.3. The highest BCUT2D eigenvalue weighted by Gasteiger charge is 2.13. The van der Waals surface area contributed by atoms with Crippen molar-refractivity contribution in [2.24, 2.45) is 0 Å². The Kier molecular flexibility index (Phi) is 7.86. The van der Waals surface area contributed by atoms with E-state index in [1.807, 2.05) is 37.3 Å². The van der Waals surface area contributed by atoms with Gasteiger partial charge in [0.15, 0.2) is 0 Å². The fourth-order valence-electron chi connectivity index (χ4n) is 2.59. The van der Waals surface area contributed by atoms with Crippen LogP contribution in [-0.4, -0.2) is 18.4 Å². The van der Waals surface area contributed by atoms with Crippen molar-refractivity contribution in [2.45, 2.75) is 46.5 Å². The number of benzene rings is 2. The molecule has 2 aromatic rings. The van der Waals surface area contributed by atoms with Gasteiger partial charge in [0.2, 0.25) is 5.91 Å². The van der Waals surface area contributed by atoms with Gasteiger partial charge in [-0.05, 0) is 43.2 Å². The number of ether oxygens (including phenoxy) is 1. The van der Waals surface area contributed by atoms with Gasteiger partial charge in [-0.15, -0.1) is 0 Å². The molecule has 2 rings (SSSR count). The highest BCUT2D eigenvalue weighted by molar-refractivity contribution is 6.06. The van der Waals surface area contributed by atoms with Crippen LogP contribution in [0.15, 0.2) is 42.5 Å². The zero-order valence-corrected chi connectivity index (χ0v) is 16.3. The van der Waals surface area contributed by atoms with Crippen LogP contribution in [0.25, 0.3) is 0 Å². The maximum atomic E-state index is 12.7. The molecule has 0 atom stereocenters. The van der Waals surface area contributed by atoms with Gasteiger partial charge >= 0.3 is 0 Å². The second-order valence-electron chi connectivity index (χ2n) is 6.44. The first-order valence-corrected chi connectivity index (χ1v) is 9.48. The van der Waals surface area contributed by atoms with Crippen molar-refractivity contribution < 1.29 is 14.3 Å². The Hall–Kier alpha value is -2.82. The van der Waals surface area contributed by atoms with E-state index < -0.39 is 0 Å². The molecule has 0 spiro atoms. The number of anilines is 2. The summed E-state index contributed by atoms with van der Waals surface area (Å²) in [6.45, 7) is 6.44. The number of carbonyl (C=O) groups excluding carboxylic acids is 2. The standard InChI is InChI=1S/C22H28N2O3/c1-4-6-9-14-27-20-11-8-7-10-18(20)22(26)23-17-13-12-16(3)19(15-17)24-21(25)5-2/h7-8,10-13,15H,4-6,9,14H2,1-3H3,(H,23,26)(H,24,25). The lowest BCUT2D eigenvalue weighted by Crippen LogP contribution is -2.15. The molecule has 2 N–H and O–H groups in total. The van der Waals surface area contributed by atoms with Crippen molar-refractivity contribution in [3.05, 3.63) is 53.6 Å². The van der Waals surface area contributed by atoms with E-state index in [4.69, 9.17) is 4.74 Å². The van der Waals surface area contributed by atoms with E-state index in [1.54, 1.807) is 19.1 Å². The van der Waals surface area contributed by atoms with Gasteiger partial charge in [-0.1, -0.05) is 44.9 Å². The minimum Gasteiger partial charge on any atom is -0.493 e. The van der Waals surface area contributed by atoms with E-state index in [0.29, 0.717) is 35.7 Å². The third-order valence-electron chi connectivity index (χ3n) is 4.23. The maximum Gasteiger partial charge on any atom is 0.259 e. The molecule has 2 amide bonds. The van der Waals surface area contributed by atoms with Crippen molar-refractivity contribution in [1.29, 1.82) is 0 Å². The maximum absolute atomic E-state index is 12.7. The molecule has 0 aliphatic carbocycles. The van der Waals surface area contributed by atoms with Crippen molar-refractivity contribution in [3.63, 3.8) is 0 Å². The van der Waals surface area contributed by atoms with Crippen LogP contribution < -0.4 is 15.4 Å². The van der Waals surface area contributed by atoms with Gasteiger partial charge in [0, 0.05) is 17.8 Å². The van der Waals surface area contributed by atoms with Gasteiger partial charge in [-0.3, -0.25) is 9.59 Å². The fourth-order valence-corrected chi connectivity index (χ4v) is 2.59. The van der Waals surface area contributed by atoms with E-state index >= 15 is 0 Å². The molecule has 2 aromatic carbocycles. The lowest BCUT2D eigenvalue weighted by molar-refractivity contribution is -0.115. The number of aryl methyl sites for hydroxylation is 1. The highest BCUT2D eigenvalue weighted by Crippen LogP contribution is 2.23. The fraction of sp³-hybridized carbons (Fsp3) is 0.364. The molecule has 144 valence electrons. The van der Waals surface area contributed by atoms with Crippen LogP contribution in [0.3, 0.4) is 0 Å². The summed E-state index contributed by atoms with van der Waals surface area (Å²) < 4.78 is 5.79. The van der Waals surface area contributed by atoms with Crippen LogP contribution in [0.1, 0.15) is 55.5 Å². The number of rotatable bonds is 9. The normalized spacial score (nSPS) is 10.3. The molecule has 0 radical (unpaired) electrons. The minimum atomic E-state index is -0.238. The Bertz CT molecular complexity index is 787.